The van der Waals surface area contributed by atoms with Gasteiger partial charge in [0.25, 0.3) is 10.0 Å². The average molecular weight is 371 g/mol. The fraction of sp³-hybridized carbons (Fsp3) is 0.222. The summed E-state index contributed by atoms with van der Waals surface area (Å²) in [6.07, 6.45) is 0.663. The SMILES string of the molecule is Cn1c(=O)c(=O)n(C)c2cc(S(=O)(=O)N3CCc4ccccc43)ccc21. The van der Waals surface area contributed by atoms with Crippen molar-refractivity contribution >= 4 is 26.7 Å². The van der Waals surface area contributed by atoms with Crippen LogP contribution in [0.25, 0.3) is 11.0 Å². The highest BCUT2D eigenvalue weighted by Gasteiger charge is 2.31. The number of fused-ring (bicyclic) bond motifs is 2. The van der Waals surface area contributed by atoms with Gasteiger partial charge in [0, 0.05) is 20.6 Å². The molecule has 0 aliphatic carbocycles. The number of nitrogens with zero attached hydrogens (tertiary/aromatic N) is 3. The number of hydrogen-bond acceptors (Lipinski definition) is 4. The van der Waals surface area contributed by atoms with Gasteiger partial charge in [0.15, 0.2) is 0 Å². The van der Waals surface area contributed by atoms with Gasteiger partial charge >= 0.3 is 11.1 Å². The zero-order chi connectivity index (χ0) is 18.6. The number of aromatic nitrogens is 2. The summed E-state index contributed by atoms with van der Waals surface area (Å²) in [7, 11) is -0.803. The fourth-order valence-electron chi connectivity index (χ4n) is 3.41. The molecule has 0 amide bonds. The summed E-state index contributed by atoms with van der Waals surface area (Å²) in [5.41, 5.74) is 1.22. The predicted octanol–water partition coefficient (Wildman–Crippen LogP) is 0.989. The van der Waals surface area contributed by atoms with Crippen LogP contribution in [0.15, 0.2) is 56.9 Å². The van der Waals surface area contributed by atoms with E-state index in [-0.39, 0.29) is 4.90 Å². The van der Waals surface area contributed by atoms with Crippen LogP contribution in [0.2, 0.25) is 0 Å². The summed E-state index contributed by atoms with van der Waals surface area (Å²) in [5.74, 6) is 0. The van der Waals surface area contributed by atoms with Crippen LogP contribution in [0.4, 0.5) is 5.69 Å². The smallest absolute Gasteiger partial charge is 0.305 e. The standard InChI is InChI=1S/C18H17N3O4S/c1-19-15-8-7-13(11-16(15)20(2)18(23)17(19)22)26(24,25)21-10-9-12-5-3-4-6-14(12)21/h3-8,11H,9-10H2,1-2H3. The number of aryl methyl sites for hydroxylation is 2. The van der Waals surface area contributed by atoms with E-state index in [1.165, 1.54) is 39.7 Å². The Morgan fingerprint density at radius 1 is 0.885 bits per heavy atom. The maximum atomic E-state index is 13.2. The molecule has 2 heterocycles. The van der Waals surface area contributed by atoms with Crippen molar-refractivity contribution < 1.29 is 8.42 Å². The maximum Gasteiger partial charge on any atom is 0.316 e. The van der Waals surface area contributed by atoms with E-state index in [0.29, 0.717) is 29.7 Å². The van der Waals surface area contributed by atoms with Crippen LogP contribution >= 0.6 is 0 Å². The minimum atomic E-state index is -3.77. The summed E-state index contributed by atoms with van der Waals surface area (Å²) in [6.45, 7) is 0.381. The molecule has 2 aromatic carbocycles. The Hall–Kier alpha value is -2.87. The Labute approximate surface area is 149 Å². The Bertz CT molecular complexity index is 1270. The fourth-order valence-corrected chi connectivity index (χ4v) is 4.93. The molecule has 0 spiro atoms. The molecule has 1 aliphatic rings. The van der Waals surface area contributed by atoms with Crippen molar-refractivity contribution in [1.82, 2.24) is 9.13 Å². The molecular formula is C18H17N3O4S. The van der Waals surface area contributed by atoms with E-state index < -0.39 is 21.1 Å². The van der Waals surface area contributed by atoms with Crippen LogP contribution in [0, 0.1) is 0 Å². The van der Waals surface area contributed by atoms with Crippen LogP contribution in [0.5, 0.6) is 0 Å². The third-order valence-electron chi connectivity index (χ3n) is 4.89. The first-order valence-electron chi connectivity index (χ1n) is 8.13. The van der Waals surface area contributed by atoms with E-state index in [9.17, 15) is 18.0 Å². The highest BCUT2D eigenvalue weighted by atomic mass is 32.2. The molecule has 26 heavy (non-hydrogen) atoms. The molecular weight excluding hydrogens is 354 g/mol. The lowest BCUT2D eigenvalue weighted by Crippen LogP contribution is -2.39. The lowest BCUT2D eigenvalue weighted by molar-refractivity contribution is 0.592. The van der Waals surface area contributed by atoms with Crippen LogP contribution in [0.3, 0.4) is 0 Å². The molecule has 0 atom stereocenters. The summed E-state index contributed by atoms with van der Waals surface area (Å²) >= 11 is 0. The van der Waals surface area contributed by atoms with Crippen LogP contribution in [-0.4, -0.2) is 24.1 Å². The van der Waals surface area contributed by atoms with Gasteiger partial charge in [-0.3, -0.25) is 13.9 Å². The maximum absolute atomic E-state index is 13.2. The zero-order valence-electron chi connectivity index (χ0n) is 14.3. The molecule has 0 radical (unpaired) electrons. The second kappa shape index (κ2) is 5.57. The van der Waals surface area contributed by atoms with Crippen LogP contribution in [0.1, 0.15) is 5.56 Å². The largest absolute Gasteiger partial charge is 0.316 e. The van der Waals surface area contributed by atoms with Gasteiger partial charge in [0.05, 0.1) is 21.6 Å². The molecule has 0 unspecified atom stereocenters. The lowest BCUT2D eigenvalue weighted by Gasteiger charge is -2.20. The molecule has 0 fully saturated rings. The van der Waals surface area contributed by atoms with Gasteiger partial charge in [-0.1, -0.05) is 18.2 Å². The van der Waals surface area contributed by atoms with Crippen molar-refractivity contribution in [3.05, 3.63) is 68.7 Å². The van der Waals surface area contributed by atoms with Crippen LogP contribution in [-0.2, 0) is 30.5 Å². The van der Waals surface area contributed by atoms with Crippen molar-refractivity contribution in [2.45, 2.75) is 11.3 Å². The minimum absolute atomic E-state index is 0.0929. The number of para-hydroxylation sites is 1. The molecule has 7 nitrogen and oxygen atoms in total. The molecule has 8 heteroatoms. The summed E-state index contributed by atoms with van der Waals surface area (Å²) in [6, 6.07) is 11.9. The van der Waals surface area contributed by atoms with Gasteiger partial charge in [-0.2, -0.15) is 0 Å². The van der Waals surface area contributed by atoms with Gasteiger partial charge < -0.3 is 9.13 Å². The third kappa shape index (κ3) is 2.22. The molecule has 134 valence electrons. The van der Waals surface area contributed by atoms with Crippen LogP contribution < -0.4 is 15.4 Å². The van der Waals surface area contributed by atoms with E-state index >= 15 is 0 Å². The zero-order valence-corrected chi connectivity index (χ0v) is 15.2. The Morgan fingerprint density at radius 3 is 2.27 bits per heavy atom. The number of anilines is 1. The minimum Gasteiger partial charge on any atom is -0.305 e. The van der Waals surface area contributed by atoms with Gasteiger partial charge in [0.2, 0.25) is 0 Å². The third-order valence-corrected chi connectivity index (χ3v) is 6.70. The van der Waals surface area contributed by atoms with Crippen molar-refractivity contribution in [2.24, 2.45) is 14.1 Å². The Morgan fingerprint density at radius 2 is 1.54 bits per heavy atom. The molecule has 3 aromatic rings. The van der Waals surface area contributed by atoms with Crippen molar-refractivity contribution in [1.29, 1.82) is 0 Å². The van der Waals surface area contributed by atoms with Gasteiger partial charge in [-0.25, -0.2) is 8.42 Å². The van der Waals surface area contributed by atoms with Gasteiger partial charge in [-0.05, 0) is 36.2 Å². The molecule has 4 rings (SSSR count). The summed E-state index contributed by atoms with van der Waals surface area (Å²) in [5, 5.41) is 0. The quantitative estimate of drug-likeness (QED) is 0.629. The second-order valence-electron chi connectivity index (χ2n) is 6.33. The highest BCUT2D eigenvalue weighted by molar-refractivity contribution is 7.92. The highest BCUT2D eigenvalue weighted by Crippen LogP contribution is 2.33. The first-order chi connectivity index (χ1) is 12.3. The van der Waals surface area contributed by atoms with E-state index in [1.54, 1.807) is 12.1 Å². The predicted molar refractivity (Wildman–Crippen MR) is 99.1 cm³/mol. The van der Waals surface area contributed by atoms with E-state index in [0.717, 1.165) is 5.56 Å². The Kier molecular flexibility index (Phi) is 3.55. The van der Waals surface area contributed by atoms with E-state index in [2.05, 4.69) is 0 Å². The summed E-state index contributed by atoms with van der Waals surface area (Å²) in [4.78, 5) is 24.1. The van der Waals surface area contributed by atoms with Crippen molar-refractivity contribution in [2.75, 3.05) is 10.8 Å². The monoisotopic (exact) mass is 371 g/mol. The normalized spacial score (nSPS) is 14.0. The van der Waals surface area contributed by atoms with Gasteiger partial charge in [0.1, 0.15) is 0 Å². The van der Waals surface area contributed by atoms with E-state index in [1.807, 2.05) is 18.2 Å². The molecule has 0 saturated heterocycles. The number of hydrogen-bond donors (Lipinski definition) is 0. The van der Waals surface area contributed by atoms with Gasteiger partial charge in [-0.15, -0.1) is 0 Å². The van der Waals surface area contributed by atoms with Crippen molar-refractivity contribution in [3.63, 3.8) is 0 Å². The Balaban J connectivity index is 1.93. The molecule has 1 aromatic heterocycles. The number of sulfonamides is 1. The number of rotatable bonds is 2. The second-order valence-corrected chi connectivity index (χ2v) is 8.20. The molecule has 1 aliphatic heterocycles. The van der Waals surface area contributed by atoms with Crippen molar-refractivity contribution in [3.8, 4) is 0 Å². The van der Waals surface area contributed by atoms with E-state index in [4.69, 9.17) is 0 Å². The first kappa shape index (κ1) is 16.6. The molecule has 0 N–H and O–H groups in total. The number of benzene rings is 2. The average Bonchev–Trinajstić information content (AvgIpc) is 3.09. The molecule has 0 bridgehead atoms. The molecule has 0 saturated carbocycles. The summed E-state index contributed by atoms with van der Waals surface area (Å²) < 4.78 is 30.1. The topological polar surface area (TPSA) is 81.4 Å². The lowest BCUT2D eigenvalue weighted by atomic mass is 10.2. The first-order valence-corrected chi connectivity index (χ1v) is 9.57.